The predicted molar refractivity (Wildman–Crippen MR) is 79.3 cm³/mol. The Morgan fingerprint density at radius 3 is 2.94 bits per heavy atom. The summed E-state index contributed by atoms with van der Waals surface area (Å²) in [4.78, 5) is 0. The molecule has 18 heavy (non-hydrogen) atoms. The van der Waals surface area contributed by atoms with Gasteiger partial charge in [-0.15, -0.1) is 0 Å². The number of thioether (sulfide) groups is 1. The molecule has 0 saturated carbocycles. The minimum Gasteiger partial charge on any atom is -0.493 e. The van der Waals surface area contributed by atoms with E-state index in [1.807, 2.05) is 11.8 Å². The first-order valence-corrected chi connectivity index (χ1v) is 7.92. The Labute approximate surface area is 114 Å². The van der Waals surface area contributed by atoms with Crippen LogP contribution in [-0.4, -0.2) is 18.1 Å². The number of aryl methyl sites for hydroxylation is 1. The second-order valence-electron chi connectivity index (χ2n) is 5.33. The summed E-state index contributed by atoms with van der Waals surface area (Å²) in [6, 6.07) is 6.47. The molecule has 1 heterocycles. The van der Waals surface area contributed by atoms with E-state index in [0.717, 1.165) is 36.9 Å². The van der Waals surface area contributed by atoms with Crippen molar-refractivity contribution in [3.63, 3.8) is 0 Å². The first-order chi connectivity index (χ1) is 8.68. The first-order valence-electron chi connectivity index (χ1n) is 6.76. The average molecular weight is 265 g/mol. The fraction of sp³-hybridized carbons (Fsp3) is 0.600. The molecule has 0 aromatic heterocycles. The fourth-order valence-corrected chi connectivity index (χ4v) is 3.27. The molecule has 0 bridgehead atoms. The summed E-state index contributed by atoms with van der Waals surface area (Å²) in [5.41, 5.74) is 8.81. The highest BCUT2D eigenvalue weighted by Gasteiger charge is 2.18. The summed E-state index contributed by atoms with van der Waals surface area (Å²) in [5, 5.41) is 0. The van der Waals surface area contributed by atoms with E-state index in [4.69, 9.17) is 10.5 Å². The Kier molecular flexibility index (Phi) is 4.95. The zero-order valence-electron chi connectivity index (χ0n) is 11.3. The van der Waals surface area contributed by atoms with Gasteiger partial charge in [0.1, 0.15) is 5.75 Å². The number of benzene rings is 1. The molecule has 0 spiro atoms. The Bertz CT molecular complexity index is 392. The van der Waals surface area contributed by atoms with Crippen molar-refractivity contribution in [3.8, 4) is 5.75 Å². The largest absolute Gasteiger partial charge is 0.493 e. The van der Waals surface area contributed by atoms with E-state index in [1.54, 1.807) is 0 Å². The van der Waals surface area contributed by atoms with Gasteiger partial charge in [-0.05, 0) is 30.1 Å². The average Bonchev–Trinajstić information content (AvgIpc) is 2.37. The van der Waals surface area contributed by atoms with Gasteiger partial charge in [0.25, 0.3) is 0 Å². The molecule has 2 N–H and O–H groups in total. The van der Waals surface area contributed by atoms with Crippen LogP contribution in [0.25, 0.3) is 0 Å². The van der Waals surface area contributed by atoms with E-state index in [-0.39, 0.29) is 6.04 Å². The lowest BCUT2D eigenvalue weighted by atomic mass is 9.99. The van der Waals surface area contributed by atoms with Gasteiger partial charge in [0.15, 0.2) is 0 Å². The van der Waals surface area contributed by atoms with Crippen molar-refractivity contribution in [1.82, 2.24) is 0 Å². The van der Waals surface area contributed by atoms with Crippen LogP contribution in [0.5, 0.6) is 5.75 Å². The zero-order chi connectivity index (χ0) is 13.0. The monoisotopic (exact) mass is 265 g/mol. The maximum absolute atomic E-state index is 6.30. The molecular formula is C15H23NOS. The number of fused-ring (bicyclic) bond motifs is 1. The number of para-hydroxylation sites is 1. The van der Waals surface area contributed by atoms with Crippen LogP contribution in [0.1, 0.15) is 37.4 Å². The molecule has 0 radical (unpaired) electrons. The number of hydrogen-bond donors (Lipinski definition) is 1. The van der Waals surface area contributed by atoms with Crippen molar-refractivity contribution in [2.75, 3.05) is 18.1 Å². The maximum Gasteiger partial charge on any atom is 0.127 e. The second-order valence-corrected chi connectivity index (χ2v) is 6.40. The molecule has 2 nitrogen and oxygen atoms in total. The molecule has 1 aromatic rings. The van der Waals surface area contributed by atoms with Crippen LogP contribution in [-0.2, 0) is 6.42 Å². The SMILES string of the molecule is CC(C)CSCC(N)c1cccc2c1OCCC2. The standard InChI is InChI=1S/C15H23NOS/c1-11(2)9-18-10-14(16)13-7-3-5-12-6-4-8-17-15(12)13/h3,5,7,11,14H,4,6,8-10,16H2,1-2H3. The number of ether oxygens (including phenoxy) is 1. The van der Waals surface area contributed by atoms with Crippen LogP contribution in [0.2, 0.25) is 0 Å². The van der Waals surface area contributed by atoms with Crippen LogP contribution in [0, 0.1) is 5.92 Å². The zero-order valence-corrected chi connectivity index (χ0v) is 12.1. The molecule has 1 aliphatic rings. The molecule has 0 fully saturated rings. The van der Waals surface area contributed by atoms with Crippen molar-refractivity contribution in [2.24, 2.45) is 11.7 Å². The summed E-state index contributed by atoms with van der Waals surface area (Å²) < 4.78 is 5.81. The van der Waals surface area contributed by atoms with Crippen molar-refractivity contribution in [3.05, 3.63) is 29.3 Å². The normalized spacial score (nSPS) is 16.2. The predicted octanol–water partition coefficient (Wildman–Crippen LogP) is 3.40. The van der Waals surface area contributed by atoms with Gasteiger partial charge >= 0.3 is 0 Å². The summed E-state index contributed by atoms with van der Waals surface area (Å²) in [6.45, 7) is 5.31. The van der Waals surface area contributed by atoms with E-state index in [9.17, 15) is 0 Å². The van der Waals surface area contributed by atoms with Crippen LogP contribution in [0.15, 0.2) is 18.2 Å². The minimum absolute atomic E-state index is 0.0850. The molecule has 100 valence electrons. The second kappa shape index (κ2) is 6.48. The highest BCUT2D eigenvalue weighted by molar-refractivity contribution is 7.99. The molecule has 1 aromatic carbocycles. The smallest absolute Gasteiger partial charge is 0.127 e. The molecule has 0 amide bonds. The van der Waals surface area contributed by atoms with Crippen molar-refractivity contribution in [2.45, 2.75) is 32.7 Å². The lowest BCUT2D eigenvalue weighted by Gasteiger charge is -2.23. The van der Waals surface area contributed by atoms with Gasteiger partial charge in [-0.3, -0.25) is 0 Å². The molecule has 0 saturated heterocycles. The van der Waals surface area contributed by atoms with Gasteiger partial charge in [-0.2, -0.15) is 11.8 Å². The Morgan fingerprint density at radius 2 is 2.17 bits per heavy atom. The quantitative estimate of drug-likeness (QED) is 0.886. The van der Waals surface area contributed by atoms with Crippen LogP contribution >= 0.6 is 11.8 Å². The fourth-order valence-electron chi connectivity index (χ4n) is 2.23. The van der Waals surface area contributed by atoms with Gasteiger partial charge in [-0.25, -0.2) is 0 Å². The number of nitrogens with two attached hydrogens (primary N) is 1. The van der Waals surface area contributed by atoms with Crippen LogP contribution < -0.4 is 10.5 Å². The number of hydrogen-bond acceptors (Lipinski definition) is 3. The molecule has 1 aliphatic heterocycles. The summed E-state index contributed by atoms with van der Waals surface area (Å²) in [7, 11) is 0. The first kappa shape index (κ1) is 13.8. The third kappa shape index (κ3) is 3.42. The third-order valence-corrected chi connectivity index (χ3v) is 4.61. The van der Waals surface area contributed by atoms with Crippen LogP contribution in [0.4, 0.5) is 0 Å². The number of rotatable bonds is 5. The van der Waals surface area contributed by atoms with E-state index < -0.39 is 0 Å². The van der Waals surface area contributed by atoms with Crippen molar-refractivity contribution >= 4 is 11.8 Å². The van der Waals surface area contributed by atoms with Gasteiger partial charge in [-0.1, -0.05) is 32.0 Å². The van der Waals surface area contributed by atoms with Crippen LogP contribution in [0.3, 0.4) is 0 Å². The highest BCUT2D eigenvalue weighted by atomic mass is 32.2. The van der Waals surface area contributed by atoms with E-state index >= 15 is 0 Å². The topological polar surface area (TPSA) is 35.2 Å². The maximum atomic E-state index is 6.30. The third-order valence-electron chi connectivity index (χ3n) is 3.11. The van der Waals surface area contributed by atoms with Gasteiger partial charge < -0.3 is 10.5 Å². The van der Waals surface area contributed by atoms with Gasteiger partial charge in [0.05, 0.1) is 6.61 Å². The molecule has 1 unspecified atom stereocenters. The minimum atomic E-state index is 0.0850. The highest BCUT2D eigenvalue weighted by Crippen LogP contribution is 2.33. The summed E-state index contributed by atoms with van der Waals surface area (Å²) in [5.74, 6) is 3.92. The Hall–Kier alpha value is -0.670. The Balaban J connectivity index is 2.03. The molecule has 0 aliphatic carbocycles. The lowest BCUT2D eigenvalue weighted by molar-refractivity contribution is 0.284. The van der Waals surface area contributed by atoms with E-state index in [1.165, 1.54) is 16.9 Å². The molecule has 3 heteroatoms. The Morgan fingerprint density at radius 1 is 1.33 bits per heavy atom. The van der Waals surface area contributed by atoms with Crippen molar-refractivity contribution < 1.29 is 4.74 Å². The van der Waals surface area contributed by atoms with Gasteiger partial charge in [0.2, 0.25) is 0 Å². The summed E-state index contributed by atoms with van der Waals surface area (Å²) in [6.07, 6.45) is 2.24. The van der Waals surface area contributed by atoms with E-state index in [2.05, 4.69) is 32.0 Å². The lowest BCUT2D eigenvalue weighted by Crippen LogP contribution is -2.18. The van der Waals surface area contributed by atoms with Crippen molar-refractivity contribution in [1.29, 1.82) is 0 Å². The molecule has 2 rings (SSSR count). The van der Waals surface area contributed by atoms with E-state index in [0.29, 0.717) is 0 Å². The molecular weight excluding hydrogens is 242 g/mol. The van der Waals surface area contributed by atoms with Gasteiger partial charge in [0, 0.05) is 17.4 Å². The summed E-state index contributed by atoms with van der Waals surface area (Å²) >= 11 is 1.93. The molecule has 1 atom stereocenters.